The Balaban J connectivity index is 2.79. The highest BCUT2D eigenvalue weighted by molar-refractivity contribution is 6.32. The van der Waals surface area contributed by atoms with Crippen LogP contribution < -0.4 is 0 Å². The molecule has 0 unspecified atom stereocenters. The van der Waals surface area contributed by atoms with Crippen molar-refractivity contribution < 1.29 is 9.90 Å². The average molecular weight is 208 g/mol. The van der Waals surface area contributed by atoms with Gasteiger partial charge in [0, 0.05) is 11.5 Å². The molecule has 0 saturated carbocycles. The zero-order valence-corrected chi connectivity index (χ0v) is 7.82. The largest absolute Gasteiger partial charge is 0.508 e. The molecule has 1 N–H and O–H groups in total. The number of halogens is 1. The molecule has 2 aromatic rings. The number of hydrogen-bond donors (Lipinski definition) is 1. The van der Waals surface area contributed by atoms with Crippen molar-refractivity contribution in [1.82, 2.24) is 4.98 Å². The lowest BCUT2D eigenvalue weighted by Crippen LogP contribution is -1.87. The van der Waals surface area contributed by atoms with Crippen molar-refractivity contribution in [2.24, 2.45) is 0 Å². The average Bonchev–Trinajstić information content (AvgIpc) is 2.16. The number of aromatic nitrogens is 1. The minimum atomic E-state index is 0.125. The van der Waals surface area contributed by atoms with Crippen molar-refractivity contribution in [3.8, 4) is 5.75 Å². The number of aromatic hydroxyl groups is 1. The van der Waals surface area contributed by atoms with Gasteiger partial charge in [0.25, 0.3) is 0 Å². The fraction of sp³-hybridized carbons (Fsp3) is 0. The lowest BCUT2D eigenvalue weighted by atomic mass is 10.1. The summed E-state index contributed by atoms with van der Waals surface area (Å²) in [5.41, 5.74) is 0.922. The summed E-state index contributed by atoms with van der Waals surface area (Å²) in [6, 6.07) is 6.35. The van der Waals surface area contributed by atoms with E-state index in [2.05, 4.69) is 4.98 Å². The number of phenolic OH excluding ortho intramolecular Hbond substituents is 1. The fourth-order valence-corrected chi connectivity index (χ4v) is 1.42. The van der Waals surface area contributed by atoms with Crippen LogP contribution >= 0.6 is 11.6 Å². The predicted molar refractivity (Wildman–Crippen MR) is 53.8 cm³/mol. The summed E-state index contributed by atoms with van der Waals surface area (Å²) in [5, 5.41) is 10.1. The zero-order chi connectivity index (χ0) is 10.1. The SMILES string of the molecule is O=Cc1cc2ccc(O)cc2nc1Cl. The Kier molecular flexibility index (Phi) is 2.09. The van der Waals surface area contributed by atoms with Gasteiger partial charge >= 0.3 is 0 Å². The summed E-state index contributed by atoms with van der Waals surface area (Å²) >= 11 is 5.73. The molecule has 0 aliphatic carbocycles. The van der Waals surface area contributed by atoms with Crippen LogP contribution in [0.1, 0.15) is 10.4 Å². The van der Waals surface area contributed by atoms with Crippen molar-refractivity contribution >= 4 is 28.8 Å². The third kappa shape index (κ3) is 1.42. The number of rotatable bonds is 1. The van der Waals surface area contributed by atoms with Crippen molar-refractivity contribution in [1.29, 1.82) is 0 Å². The van der Waals surface area contributed by atoms with Crippen LogP contribution in [0.5, 0.6) is 5.75 Å². The number of aldehydes is 1. The molecule has 2 rings (SSSR count). The number of carbonyl (C=O) groups excluding carboxylic acids is 1. The molecule has 0 atom stereocenters. The second-order valence-electron chi connectivity index (χ2n) is 2.86. The molecular weight excluding hydrogens is 202 g/mol. The van der Waals surface area contributed by atoms with Crippen molar-refractivity contribution in [3.63, 3.8) is 0 Å². The van der Waals surface area contributed by atoms with E-state index in [0.29, 0.717) is 17.4 Å². The normalized spacial score (nSPS) is 10.4. The van der Waals surface area contributed by atoms with Crippen molar-refractivity contribution in [3.05, 3.63) is 35.0 Å². The van der Waals surface area contributed by atoms with Gasteiger partial charge in [-0.1, -0.05) is 11.6 Å². The predicted octanol–water partition coefficient (Wildman–Crippen LogP) is 2.41. The van der Waals surface area contributed by atoms with E-state index in [1.165, 1.54) is 12.1 Å². The summed E-state index contributed by atoms with van der Waals surface area (Å²) in [5.74, 6) is 0.125. The van der Waals surface area contributed by atoms with Crippen LogP contribution in [0.4, 0.5) is 0 Å². The molecule has 14 heavy (non-hydrogen) atoms. The summed E-state index contributed by atoms with van der Waals surface area (Å²) in [4.78, 5) is 14.5. The zero-order valence-electron chi connectivity index (χ0n) is 7.07. The topological polar surface area (TPSA) is 50.2 Å². The van der Waals surface area contributed by atoms with Crippen molar-refractivity contribution in [2.75, 3.05) is 0 Å². The monoisotopic (exact) mass is 207 g/mol. The summed E-state index contributed by atoms with van der Waals surface area (Å²) < 4.78 is 0. The number of carbonyl (C=O) groups is 1. The molecule has 0 saturated heterocycles. The molecule has 0 radical (unpaired) electrons. The number of benzene rings is 1. The van der Waals surface area contributed by atoms with Crippen LogP contribution in [-0.4, -0.2) is 16.4 Å². The van der Waals surface area contributed by atoms with Gasteiger partial charge in [0.1, 0.15) is 10.9 Å². The molecule has 3 nitrogen and oxygen atoms in total. The maximum Gasteiger partial charge on any atom is 0.153 e. The van der Waals surface area contributed by atoms with Gasteiger partial charge < -0.3 is 5.11 Å². The fourth-order valence-electron chi connectivity index (χ4n) is 1.23. The minimum Gasteiger partial charge on any atom is -0.508 e. The summed E-state index contributed by atoms with van der Waals surface area (Å²) in [7, 11) is 0. The number of hydrogen-bond acceptors (Lipinski definition) is 3. The van der Waals surface area contributed by atoms with E-state index in [-0.39, 0.29) is 10.9 Å². The first-order valence-electron chi connectivity index (χ1n) is 3.95. The number of fused-ring (bicyclic) bond motifs is 1. The molecule has 1 aromatic heterocycles. The Morgan fingerprint density at radius 1 is 1.36 bits per heavy atom. The Bertz CT molecular complexity index is 511. The number of phenols is 1. The first-order valence-corrected chi connectivity index (χ1v) is 4.33. The van der Waals surface area contributed by atoms with E-state index in [0.717, 1.165) is 5.39 Å². The van der Waals surface area contributed by atoms with E-state index in [1.54, 1.807) is 12.1 Å². The van der Waals surface area contributed by atoms with Gasteiger partial charge in [-0.05, 0) is 18.2 Å². The van der Waals surface area contributed by atoms with E-state index in [1.807, 2.05) is 0 Å². The highest BCUT2D eigenvalue weighted by atomic mass is 35.5. The van der Waals surface area contributed by atoms with E-state index < -0.39 is 0 Å². The molecule has 0 fully saturated rings. The summed E-state index contributed by atoms with van der Waals surface area (Å²) in [6.45, 7) is 0. The van der Waals surface area contributed by atoms with Gasteiger partial charge in [-0.3, -0.25) is 4.79 Å². The number of nitrogens with zero attached hydrogens (tertiary/aromatic N) is 1. The third-order valence-electron chi connectivity index (χ3n) is 1.91. The van der Waals surface area contributed by atoms with Gasteiger partial charge in [-0.2, -0.15) is 0 Å². The number of pyridine rings is 1. The molecule has 4 heteroatoms. The molecule has 0 bridgehead atoms. The molecule has 0 aliphatic heterocycles. The lowest BCUT2D eigenvalue weighted by Gasteiger charge is -2.00. The maximum absolute atomic E-state index is 10.6. The van der Waals surface area contributed by atoms with Gasteiger partial charge in [-0.15, -0.1) is 0 Å². The molecule has 1 aromatic carbocycles. The van der Waals surface area contributed by atoms with Crippen LogP contribution in [-0.2, 0) is 0 Å². The van der Waals surface area contributed by atoms with Crippen LogP contribution in [0.3, 0.4) is 0 Å². The highest BCUT2D eigenvalue weighted by Gasteiger charge is 2.04. The molecule has 1 heterocycles. The van der Waals surface area contributed by atoms with E-state index in [4.69, 9.17) is 11.6 Å². The van der Waals surface area contributed by atoms with E-state index >= 15 is 0 Å². The second kappa shape index (κ2) is 3.27. The highest BCUT2D eigenvalue weighted by Crippen LogP contribution is 2.22. The molecular formula is C10H6ClNO2. The molecule has 0 aliphatic rings. The first kappa shape index (κ1) is 8.97. The first-order chi connectivity index (χ1) is 6.70. The van der Waals surface area contributed by atoms with Crippen LogP contribution in [0.2, 0.25) is 5.15 Å². The maximum atomic E-state index is 10.6. The molecule has 0 amide bonds. The smallest absolute Gasteiger partial charge is 0.153 e. The third-order valence-corrected chi connectivity index (χ3v) is 2.21. The summed E-state index contributed by atoms with van der Waals surface area (Å²) in [6.07, 6.45) is 0.654. The molecule has 0 spiro atoms. The van der Waals surface area contributed by atoms with E-state index in [9.17, 15) is 9.90 Å². The van der Waals surface area contributed by atoms with Gasteiger partial charge in [-0.25, -0.2) is 4.98 Å². The Morgan fingerprint density at radius 2 is 2.14 bits per heavy atom. The molecule has 70 valence electrons. The van der Waals surface area contributed by atoms with Crippen molar-refractivity contribution in [2.45, 2.75) is 0 Å². The quantitative estimate of drug-likeness (QED) is 0.577. The van der Waals surface area contributed by atoms with Crippen LogP contribution in [0.25, 0.3) is 10.9 Å². The van der Waals surface area contributed by atoms with Gasteiger partial charge in [0.2, 0.25) is 0 Å². The van der Waals surface area contributed by atoms with Gasteiger partial charge in [0.05, 0.1) is 11.1 Å². The van der Waals surface area contributed by atoms with Gasteiger partial charge in [0.15, 0.2) is 6.29 Å². The van der Waals surface area contributed by atoms with Crippen LogP contribution in [0.15, 0.2) is 24.3 Å². The Labute approximate surface area is 85.0 Å². The second-order valence-corrected chi connectivity index (χ2v) is 3.22. The minimum absolute atomic E-state index is 0.125. The Hall–Kier alpha value is -1.61. The standard InChI is InChI=1S/C10H6ClNO2/c11-10-7(5-13)3-6-1-2-8(14)4-9(6)12-10/h1-5,14H. The lowest BCUT2D eigenvalue weighted by molar-refractivity contribution is 0.112. The van der Waals surface area contributed by atoms with Crippen LogP contribution in [0, 0.1) is 0 Å². The Morgan fingerprint density at radius 3 is 2.86 bits per heavy atom.